The number of piperazine rings is 1. The van der Waals surface area contributed by atoms with Gasteiger partial charge in [0.1, 0.15) is 16.6 Å². The molecule has 1 aliphatic rings. The van der Waals surface area contributed by atoms with Gasteiger partial charge in [-0.05, 0) is 31.2 Å². The molecule has 0 radical (unpaired) electrons. The van der Waals surface area contributed by atoms with Gasteiger partial charge in [-0.2, -0.15) is 0 Å². The number of nitrogens with zero attached hydrogens (tertiary/aromatic N) is 2. The van der Waals surface area contributed by atoms with Gasteiger partial charge in [-0.25, -0.2) is 4.39 Å². The topological polar surface area (TPSA) is 15.7 Å². The third-order valence-electron chi connectivity index (χ3n) is 4.18. The lowest BCUT2D eigenvalue weighted by atomic mass is 10.1. The lowest BCUT2D eigenvalue weighted by Crippen LogP contribution is -2.48. The van der Waals surface area contributed by atoms with E-state index in [1.807, 2.05) is 43.3 Å². The molecule has 3 rings (SSSR count). The number of para-hydroxylation sites is 2. The molecule has 0 atom stereocenters. The van der Waals surface area contributed by atoms with Crippen molar-refractivity contribution in [2.45, 2.75) is 6.92 Å². The maximum atomic E-state index is 13.9. The Morgan fingerprint density at radius 1 is 1.04 bits per heavy atom. The third kappa shape index (κ3) is 3.51. The summed E-state index contributed by atoms with van der Waals surface area (Å²) in [6.45, 7) is 5.62. The van der Waals surface area contributed by atoms with E-state index in [9.17, 15) is 4.39 Å². The van der Waals surface area contributed by atoms with Gasteiger partial charge >= 0.3 is 0 Å². The molecule has 24 heavy (non-hydrogen) atoms. The van der Waals surface area contributed by atoms with Crippen LogP contribution in [0.25, 0.3) is 0 Å². The van der Waals surface area contributed by atoms with Gasteiger partial charge in [0.15, 0.2) is 0 Å². The van der Waals surface area contributed by atoms with E-state index in [4.69, 9.17) is 17.0 Å². The second-order valence-corrected chi connectivity index (χ2v) is 6.05. The lowest BCUT2D eigenvalue weighted by molar-refractivity contribution is 0.337. The fourth-order valence-corrected chi connectivity index (χ4v) is 3.30. The Morgan fingerprint density at radius 3 is 2.42 bits per heavy atom. The van der Waals surface area contributed by atoms with Crippen molar-refractivity contribution >= 4 is 22.9 Å². The molecular formula is C19H21FN2OS. The first-order valence-electron chi connectivity index (χ1n) is 8.21. The summed E-state index contributed by atoms with van der Waals surface area (Å²) in [7, 11) is 0. The molecule has 2 aromatic carbocycles. The van der Waals surface area contributed by atoms with Crippen molar-refractivity contribution in [3.63, 3.8) is 0 Å². The third-order valence-corrected chi connectivity index (χ3v) is 4.66. The van der Waals surface area contributed by atoms with Crippen LogP contribution in [0.2, 0.25) is 0 Å². The number of thiocarbonyl (C=S) groups is 1. The predicted molar refractivity (Wildman–Crippen MR) is 99.5 cm³/mol. The summed E-state index contributed by atoms with van der Waals surface area (Å²) in [6.07, 6.45) is 0. The summed E-state index contributed by atoms with van der Waals surface area (Å²) in [5.74, 6) is 0.650. The molecule has 1 heterocycles. The molecule has 0 bridgehead atoms. The molecule has 1 saturated heterocycles. The SMILES string of the molecule is CCOc1ccccc1C(=S)N1CCN(c2ccccc2F)CC1. The van der Waals surface area contributed by atoms with E-state index in [2.05, 4.69) is 9.80 Å². The van der Waals surface area contributed by atoms with Crippen molar-refractivity contribution in [2.24, 2.45) is 0 Å². The normalized spacial score (nSPS) is 14.6. The minimum atomic E-state index is -0.171. The van der Waals surface area contributed by atoms with E-state index in [0.29, 0.717) is 12.3 Å². The van der Waals surface area contributed by atoms with E-state index in [-0.39, 0.29) is 5.82 Å². The molecule has 0 amide bonds. The van der Waals surface area contributed by atoms with E-state index in [1.54, 1.807) is 6.07 Å². The summed E-state index contributed by atoms with van der Waals surface area (Å²) >= 11 is 5.68. The summed E-state index contributed by atoms with van der Waals surface area (Å²) in [4.78, 5) is 5.04. The molecule has 0 aliphatic carbocycles. The van der Waals surface area contributed by atoms with E-state index >= 15 is 0 Å². The summed E-state index contributed by atoms with van der Waals surface area (Å²) in [6, 6.07) is 14.8. The number of ether oxygens (including phenoxy) is 1. The highest BCUT2D eigenvalue weighted by Gasteiger charge is 2.22. The average Bonchev–Trinajstić information content (AvgIpc) is 2.63. The first-order chi connectivity index (χ1) is 11.7. The van der Waals surface area contributed by atoms with Crippen molar-refractivity contribution < 1.29 is 9.13 Å². The number of benzene rings is 2. The minimum Gasteiger partial charge on any atom is -0.493 e. The molecule has 0 unspecified atom stereocenters. The zero-order valence-electron chi connectivity index (χ0n) is 13.7. The first kappa shape index (κ1) is 16.7. The number of hydrogen-bond donors (Lipinski definition) is 0. The Balaban J connectivity index is 1.69. The molecule has 1 aliphatic heterocycles. The highest BCUT2D eigenvalue weighted by atomic mass is 32.1. The Hall–Kier alpha value is -2.14. The van der Waals surface area contributed by atoms with Gasteiger partial charge in [0.25, 0.3) is 0 Å². The van der Waals surface area contributed by atoms with Crippen molar-refractivity contribution in [2.75, 3.05) is 37.7 Å². The summed E-state index contributed by atoms with van der Waals surface area (Å²) in [5.41, 5.74) is 1.62. The van der Waals surface area contributed by atoms with Crippen molar-refractivity contribution in [3.8, 4) is 5.75 Å². The van der Waals surface area contributed by atoms with Crippen molar-refractivity contribution in [1.82, 2.24) is 4.90 Å². The maximum Gasteiger partial charge on any atom is 0.146 e. The monoisotopic (exact) mass is 344 g/mol. The van der Waals surface area contributed by atoms with Gasteiger partial charge in [0, 0.05) is 26.2 Å². The zero-order chi connectivity index (χ0) is 16.9. The van der Waals surface area contributed by atoms with E-state index < -0.39 is 0 Å². The van der Waals surface area contributed by atoms with Crippen LogP contribution in [0.5, 0.6) is 5.75 Å². The number of hydrogen-bond acceptors (Lipinski definition) is 3. The molecule has 126 valence electrons. The van der Waals surface area contributed by atoms with Crippen LogP contribution in [0.4, 0.5) is 10.1 Å². The largest absolute Gasteiger partial charge is 0.493 e. The van der Waals surface area contributed by atoms with Crippen LogP contribution in [0.1, 0.15) is 12.5 Å². The number of halogens is 1. The lowest BCUT2D eigenvalue weighted by Gasteiger charge is -2.37. The Morgan fingerprint density at radius 2 is 1.71 bits per heavy atom. The van der Waals surface area contributed by atoms with Crippen LogP contribution in [-0.4, -0.2) is 42.7 Å². The van der Waals surface area contributed by atoms with Crippen LogP contribution in [0.15, 0.2) is 48.5 Å². The van der Waals surface area contributed by atoms with Crippen LogP contribution in [0.3, 0.4) is 0 Å². The van der Waals surface area contributed by atoms with Gasteiger partial charge in [0.05, 0.1) is 17.9 Å². The fourth-order valence-electron chi connectivity index (χ4n) is 2.95. The van der Waals surface area contributed by atoms with Gasteiger partial charge in [-0.15, -0.1) is 0 Å². The van der Waals surface area contributed by atoms with Gasteiger partial charge in [-0.3, -0.25) is 0 Å². The average molecular weight is 344 g/mol. The fraction of sp³-hybridized carbons (Fsp3) is 0.316. The standard InChI is InChI=1S/C19H21FN2OS/c1-2-23-18-10-6-3-7-15(18)19(24)22-13-11-21(12-14-22)17-9-5-4-8-16(17)20/h3-10H,2,11-14H2,1H3. The second kappa shape index (κ2) is 7.62. The van der Waals surface area contributed by atoms with E-state index in [0.717, 1.165) is 42.5 Å². The molecule has 1 fully saturated rings. The van der Waals surface area contributed by atoms with Gasteiger partial charge in [0.2, 0.25) is 0 Å². The van der Waals surface area contributed by atoms with Crippen LogP contribution < -0.4 is 9.64 Å². The zero-order valence-corrected chi connectivity index (χ0v) is 14.6. The molecule has 0 saturated carbocycles. The molecular weight excluding hydrogens is 323 g/mol. The Bertz CT molecular complexity index is 714. The second-order valence-electron chi connectivity index (χ2n) is 5.66. The highest BCUT2D eigenvalue weighted by molar-refractivity contribution is 7.80. The molecule has 0 N–H and O–H groups in total. The van der Waals surface area contributed by atoms with Crippen LogP contribution >= 0.6 is 12.2 Å². The molecule has 2 aromatic rings. The highest BCUT2D eigenvalue weighted by Crippen LogP contribution is 2.24. The number of rotatable bonds is 4. The Labute approximate surface area is 147 Å². The van der Waals surface area contributed by atoms with Crippen molar-refractivity contribution in [3.05, 3.63) is 59.9 Å². The molecule has 0 aromatic heterocycles. The van der Waals surface area contributed by atoms with Crippen LogP contribution in [-0.2, 0) is 0 Å². The van der Waals surface area contributed by atoms with Gasteiger partial charge in [-0.1, -0.05) is 36.5 Å². The Kier molecular flexibility index (Phi) is 5.30. The minimum absolute atomic E-state index is 0.171. The summed E-state index contributed by atoms with van der Waals surface area (Å²) < 4.78 is 19.6. The molecule has 5 heteroatoms. The molecule has 3 nitrogen and oxygen atoms in total. The number of anilines is 1. The maximum absolute atomic E-state index is 13.9. The van der Waals surface area contributed by atoms with Gasteiger partial charge < -0.3 is 14.5 Å². The van der Waals surface area contributed by atoms with Crippen LogP contribution in [0, 0.1) is 5.82 Å². The van der Waals surface area contributed by atoms with Crippen molar-refractivity contribution in [1.29, 1.82) is 0 Å². The summed E-state index contributed by atoms with van der Waals surface area (Å²) in [5, 5.41) is 0. The molecule has 0 spiro atoms. The first-order valence-corrected chi connectivity index (χ1v) is 8.62. The quantitative estimate of drug-likeness (QED) is 0.785. The predicted octanol–water partition coefficient (Wildman–Crippen LogP) is 3.72. The van der Waals surface area contributed by atoms with E-state index in [1.165, 1.54) is 6.07 Å². The smallest absolute Gasteiger partial charge is 0.146 e.